The van der Waals surface area contributed by atoms with Crippen molar-refractivity contribution in [3.05, 3.63) is 528 Å². The van der Waals surface area contributed by atoms with Crippen molar-refractivity contribution in [2.75, 3.05) is 14.7 Å². The van der Waals surface area contributed by atoms with Gasteiger partial charge in [0.25, 0.3) is 0 Å². The van der Waals surface area contributed by atoms with Crippen LogP contribution in [-0.2, 0) is 20.6 Å². The highest BCUT2D eigenvalue weighted by molar-refractivity contribution is 6.25. The van der Waals surface area contributed by atoms with E-state index >= 15 is 0 Å². The quantitative estimate of drug-likeness (QED) is 0.0901. The highest BCUT2D eigenvalue weighted by atomic mass is 15.2. The van der Waals surface area contributed by atoms with Gasteiger partial charge in [-0.3, -0.25) is 0 Å². The number of nitrogens with zero attached hydrogens (tertiary/aromatic N) is 6. The zero-order valence-electron chi connectivity index (χ0n) is 79.1. The predicted octanol–water partition coefficient (Wildman–Crippen LogP) is 37.8. The van der Waals surface area contributed by atoms with Crippen molar-refractivity contribution in [2.45, 2.75) is 13.5 Å². The van der Waals surface area contributed by atoms with Crippen LogP contribution in [0, 0.1) is 0 Å². The van der Waals surface area contributed by atoms with Crippen LogP contribution in [0.2, 0.25) is 0 Å². The maximum Gasteiger partial charge on any atom is 0.0492 e. The van der Waals surface area contributed by atoms with Crippen LogP contribution in [-0.4, -0.2) is 13.7 Å². The van der Waals surface area contributed by atoms with Crippen molar-refractivity contribution >= 4 is 181 Å². The van der Waals surface area contributed by atoms with E-state index in [0.717, 1.165) is 57.7 Å². The van der Waals surface area contributed by atoms with Crippen molar-refractivity contribution in [3.8, 4) is 66.8 Å². The zero-order valence-corrected chi connectivity index (χ0v) is 79.1. The lowest BCUT2D eigenvalue weighted by atomic mass is 9.86. The van der Waals surface area contributed by atoms with Gasteiger partial charge in [-0.2, -0.15) is 0 Å². The van der Waals surface area contributed by atoms with E-state index in [9.17, 15) is 0 Å². The largest absolute Gasteiger partial charge is 0.344 e. The molecule has 0 radical (unpaired) electrons. The summed E-state index contributed by atoms with van der Waals surface area (Å²) in [7, 11) is 4.30. The maximum absolute atomic E-state index is 2.41. The van der Waals surface area contributed by atoms with Gasteiger partial charge in [-0.15, -0.1) is 0 Å². The van der Waals surface area contributed by atoms with Gasteiger partial charge in [0, 0.05) is 137 Å². The van der Waals surface area contributed by atoms with Crippen molar-refractivity contribution in [2.24, 2.45) is 14.1 Å². The summed E-state index contributed by atoms with van der Waals surface area (Å²) in [5, 5.41) is 22.8. The first kappa shape index (κ1) is 85.3. The minimum absolute atomic E-state index is 0.933. The maximum atomic E-state index is 2.41. The summed E-state index contributed by atoms with van der Waals surface area (Å²) in [6.45, 7) is 3.15. The first-order valence-electron chi connectivity index (χ1n) is 49.1. The number of aromatic nitrogens is 3. The molecule has 0 saturated heterocycles. The molecule has 0 aliphatic rings. The van der Waals surface area contributed by atoms with Gasteiger partial charge in [0.15, 0.2) is 0 Å². The number of rotatable bonds is 16. The standard InChI is InChI=1S/C46H34N2.2C45H32N2/c1-2-47-43-24-14-13-19-37(43)42-31-36(29-30-44(42)47)48(34-17-7-4-8-18-34)35-27-25-33(26-28-35)46-40-22-11-9-20-38(40)45(32-15-5-3-6-16-32)39-21-10-12-23-41(39)46;2*1-46-42-23-13-12-18-36(42)41-30-35(28-29-43(41)46)47(33-16-6-3-7-17-33)34-26-24-32(25-27-34)45-39-21-10-8-19-37(39)44(31-14-4-2-5-15-31)38-20-9-11-22-40(38)45/h3-31H,2H2,1H3;2*2-30H,1H3. The van der Waals surface area contributed by atoms with Gasteiger partial charge >= 0.3 is 0 Å². The van der Waals surface area contributed by atoms with E-state index in [1.165, 1.54) is 197 Å². The highest BCUT2D eigenvalue weighted by Crippen LogP contribution is 2.51. The third kappa shape index (κ3) is 15.0. The van der Waals surface area contributed by atoms with Crippen molar-refractivity contribution in [1.29, 1.82) is 0 Å². The molecule has 0 unspecified atom stereocenters. The first-order chi connectivity index (χ1) is 70.3. The van der Waals surface area contributed by atoms with Crippen LogP contribution in [0.3, 0.4) is 0 Å². The van der Waals surface area contributed by atoms with Crippen LogP contribution in [0.25, 0.3) is 197 Å². The van der Waals surface area contributed by atoms with E-state index in [-0.39, 0.29) is 0 Å². The van der Waals surface area contributed by atoms with Gasteiger partial charge in [0.1, 0.15) is 0 Å². The molecule has 0 aliphatic carbocycles. The lowest BCUT2D eigenvalue weighted by molar-refractivity contribution is 0.827. The fraction of sp³-hybridized carbons (Fsp3) is 0.0294. The topological polar surface area (TPSA) is 24.5 Å². The second-order valence-corrected chi connectivity index (χ2v) is 36.8. The molecule has 0 atom stereocenters. The number of para-hydroxylation sites is 6. The second kappa shape index (κ2) is 36.6. The van der Waals surface area contributed by atoms with Crippen LogP contribution in [0.15, 0.2) is 528 Å². The number of hydrogen-bond donors (Lipinski definition) is 0. The summed E-state index contributed by atoms with van der Waals surface area (Å²) < 4.78 is 6.98. The molecule has 27 rings (SSSR count). The molecule has 0 amide bonds. The smallest absolute Gasteiger partial charge is 0.0492 e. The van der Waals surface area contributed by atoms with Gasteiger partial charge in [-0.1, -0.05) is 382 Å². The molecule has 0 aliphatic heterocycles. The van der Waals surface area contributed by atoms with E-state index in [0.29, 0.717) is 0 Å². The Kier molecular flexibility index (Phi) is 22.0. The van der Waals surface area contributed by atoms with Crippen molar-refractivity contribution in [3.63, 3.8) is 0 Å². The Morgan fingerprint density at radius 3 is 0.549 bits per heavy atom. The molecule has 0 saturated carbocycles. The summed E-state index contributed by atoms with van der Waals surface area (Å²) in [6, 6.07) is 191. The molecule has 3 heterocycles. The minimum Gasteiger partial charge on any atom is -0.344 e. The molecule has 3 aromatic heterocycles. The Morgan fingerprint density at radius 2 is 0.303 bits per heavy atom. The fourth-order valence-corrected chi connectivity index (χ4v) is 22.6. The summed E-state index contributed by atoms with van der Waals surface area (Å²) in [4.78, 5) is 7.09. The molecular formula is C136H98N6. The fourth-order valence-electron chi connectivity index (χ4n) is 22.6. The van der Waals surface area contributed by atoms with Gasteiger partial charge in [0.05, 0.1) is 0 Å². The molecule has 672 valence electrons. The van der Waals surface area contributed by atoms with Crippen LogP contribution in [0.5, 0.6) is 0 Å². The van der Waals surface area contributed by atoms with Crippen LogP contribution < -0.4 is 14.7 Å². The van der Waals surface area contributed by atoms with Gasteiger partial charge in [0.2, 0.25) is 0 Å². The SMILES string of the molecule is CCn1c2ccccc2c2cc(N(c3ccccc3)c3ccc(-c4c5ccccc5c(-c5ccccc5)c5ccccc45)cc3)ccc21.Cn1c2ccccc2c2cc(N(c3ccccc3)c3ccc(-c4c5ccccc5c(-c5ccccc5)c5ccccc45)cc3)ccc21.Cn1c2ccccc2c2cc(N(c3ccccc3)c3ccc(-c4c5ccccc5c(-c5ccccc5)c5ccccc45)cc3)ccc21. The normalized spacial score (nSPS) is 11.5. The highest BCUT2D eigenvalue weighted by Gasteiger charge is 2.26. The Labute approximate surface area is 825 Å². The molecular weight excluding hydrogens is 1720 g/mol. The number of anilines is 9. The van der Waals surface area contributed by atoms with E-state index in [2.05, 4.69) is 577 Å². The van der Waals surface area contributed by atoms with Crippen LogP contribution in [0.1, 0.15) is 6.92 Å². The average Bonchev–Trinajstić information content (AvgIpc) is 1.50. The number of fused-ring (bicyclic) bond motifs is 15. The second-order valence-electron chi connectivity index (χ2n) is 36.8. The number of benzene rings is 24. The molecule has 27 aromatic rings. The minimum atomic E-state index is 0.933. The molecule has 6 heteroatoms. The Bertz CT molecular complexity index is 8910. The zero-order chi connectivity index (χ0) is 94.7. The molecule has 0 bridgehead atoms. The van der Waals surface area contributed by atoms with Crippen LogP contribution >= 0.6 is 0 Å². The van der Waals surface area contributed by atoms with Crippen molar-refractivity contribution < 1.29 is 0 Å². The molecule has 6 nitrogen and oxygen atoms in total. The number of aryl methyl sites for hydroxylation is 3. The molecule has 142 heavy (non-hydrogen) atoms. The van der Waals surface area contributed by atoms with E-state index < -0.39 is 0 Å². The first-order valence-corrected chi connectivity index (χ1v) is 49.1. The molecule has 0 spiro atoms. The lowest BCUT2D eigenvalue weighted by Crippen LogP contribution is -2.09. The average molecular weight is 1820 g/mol. The van der Waals surface area contributed by atoms with Gasteiger partial charge in [-0.05, 0) is 284 Å². The Morgan fingerprint density at radius 1 is 0.141 bits per heavy atom. The lowest BCUT2D eigenvalue weighted by Gasteiger charge is -2.26. The summed E-state index contributed by atoms with van der Waals surface area (Å²) >= 11 is 0. The van der Waals surface area contributed by atoms with Gasteiger partial charge in [-0.25, -0.2) is 0 Å². The molecule has 0 fully saturated rings. The predicted molar refractivity (Wildman–Crippen MR) is 608 cm³/mol. The summed E-state index contributed by atoms with van der Waals surface area (Å²) in [6.07, 6.45) is 0. The summed E-state index contributed by atoms with van der Waals surface area (Å²) in [5.74, 6) is 0. The van der Waals surface area contributed by atoms with E-state index in [4.69, 9.17) is 0 Å². The van der Waals surface area contributed by atoms with Gasteiger partial charge < -0.3 is 28.4 Å². The van der Waals surface area contributed by atoms with E-state index in [1.54, 1.807) is 0 Å². The third-order valence-electron chi connectivity index (χ3n) is 28.9. The Balaban J connectivity index is 0.000000112. The monoisotopic (exact) mass is 1810 g/mol. The Hall–Kier alpha value is -18.4. The van der Waals surface area contributed by atoms with Crippen LogP contribution in [0.4, 0.5) is 51.2 Å². The molecule has 0 N–H and O–H groups in total. The third-order valence-corrected chi connectivity index (χ3v) is 28.9. The number of hydrogen-bond acceptors (Lipinski definition) is 3. The molecule has 24 aromatic carbocycles. The summed E-state index contributed by atoms with van der Waals surface area (Å²) in [5.41, 5.74) is 32.7. The van der Waals surface area contributed by atoms with Crippen molar-refractivity contribution in [1.82, 2.24) is 13.7 Å². The van der Waals surface area contributed by atoms with E-state index in [1.807, 2.05) is 0 Å².